The van der Waals surface area contributed by atoms with E-state index in [1.807, 2.05) is 30.5 Å². The van der Waals surface area contributed by atoms with Gasteiger partial charge in [-0.05, 0) is 74.0 Å². The van der Waals surface area contributed by atoms with E-state index in [1.165, 1.54) is 18.4 Å². The van der Waals surface area contributed by atoms with Crippen molar-refractivity contribution < 1.29 is 5.11 Å². The minimum atomic E-state index is -0.444. The maximum atomic E-state index is 10.8. The number of nitriles is 1. The molecule has 1 aromatic carbocycles. The second-order valence-corrected chi connectivity index (χ2v) is 10.0. The summed E-state index contributed by atoms with van der Waals surface area (Å²) < 4.78 is 0. The van der Waals surface area contributed by atoms with Crippen molar-refractivity contribution in [3.05, 3.63) is 34.9 Å². The highest BCUT2D eigenvalue weighted by atomic mass is 35.5. The van der Waals surface area contributed by atoms with Crippen molar-refractivity contribution in [3.63, 3.8) is 0 Å². The second-order valence-electron chi connectivity index (χ2n) is 9.61. The molecule has 0 aromatic heterocycles. The molecule has 2 unspecified atom stereocenters. The number of aliphatic imine (C=N–C) groups is 1. The molecule has 5 rings (SSSR count). The summed E-state index contributed by atoms with van der Waals surface area (Å²) in [5, 5.41) is 24.5. The number of nitrogens with zero attached hydrogens (tertiary/aromatic N) is 2. The Morgan fingerprint density at radius 3 is 2.44 bits per heavy atom. The molecular weight excluding hydrogens is 358 g/mol. The Kier molecular flexibility index (Phi) is 4.72. The van der Waals surface area contributed by atoms with Crippen molar-refractivity contribution in [2.75, 3.05) is 0 Å². The van der Waals surface area contributed by atoms with E-state index >= 15 is 0 Å². The smallest absolute Gasteiger partial charge is 0.207 e. The molecule has 4 bridgehead atoms. The molecule has 0 amide bonds. The fraction of sp³-hybridized carbons (Fsp3) is 0.636. The number of halogens is 1. The Labute approximate surface area is 166 Å². The third-order valence-electron chi connectivity index (χ3n) is 6.91. The van der Waals surface area contributed by atoms with Gasteiger partial charge in [0.15, 0.2) is 0 Å². The number of nitrogens with one attached hydrogen (secondary N) is 1. The summed E-state index contributed by atoms with van der Waals surface area (Å²) in [6, 6.07) is 8.19. The molecule has 5 heteroatoms. The van der Waals surface area contributed by atoms with Crippen LogP contribution in [0.2, 0.25) is 5.02 Å². The van der Waals surface area contributed by atoms with Gasteiger partial charge in [-0.3, -0.25) is 0 Å². The van der Waals surface area contributed by atoms with Crippen LogP contribution in [0.3, 0.4) is 0 Å². The van der Waals surface area contributed by atoms with E-state index in [0.29, 0.717) is 23.8 Å². The average molecular weight is 386 g/mol. The number of aliphatic hydroxyl groups is 1. The van der Waals surface area contributed by atoms with Gasteiger partial charge < -0.3 is 10.4 Å². The third-order valence-corrected chi connectivity index (χ3v) is 7.16. The van der Waals surface area contributed by atoms with Crippen LogP contribution in [-0.2, 0) is 6.42 Å². The van der Waals surface area contributed by atoms with Gasteiger partial charge in [-0.25, -0.2) is 0 Å². The average Bonchev–Trinajstić information content (AvgIpc) is 2.57. The first-order chi connectivity index (χ1) is 12.8. The third kappa shape index (κ3) is 3.73. The second kappa shape index (κ2) is 6.79. The largest absolute Gasteiger partial charge is 0.390 e. The Hall–Kier alpha value is -1.57. The Bertz CT molecular complexity index is 764. The molecule has 0 saturated heterocycles. The van der Waals surface area contributed by atoms with E-state index in [-0.39, 0.29) is 5.41 Å². The van der Waals surface area contributed by atoms with Gasteiger partial charge in [0.05, 0.1) is 5.60 Å². The minimum absolute atomic E-state index is 0.283. The van der Waals surface area contributed by atoms with Gasteiger partial charge in [0.25, 0.3) is 0 Å². The fourth-order valence-electron chi connectivity index (χ4n) is 6.00. The summed E-state index contributed by atoms with van der Waals surface area (Å²) in [4.78, 5) is 4.20. The molecule has 0 radical (unpaired) electrons. The molecule has 1 aromatic rings. The molecule has 27 heavy (non-hydrogen) atoms. The van der Waals surface area contributed by atoms with Crippen LogP contribution in [0.1, 0.15) is 51.5 Å². The predicted molar refractivity (Wildman–Crippen MR) is 107 cm³/mol. The zero-order chi connectivity index (χ0) is 19.2. The van der Waals surface area contributed by atoms with Crippen LogP contribution in [0.4, 0.5) is 0 Å². The SMILES string of the molecule is CC(C)(Cc1ccc(Cl)cc1)/C(=N\C#N)NC1C2CC3CC1CC(O)(C3)C2. The van der Waals surface area contributed by atoms with Crippen LogP contribution in [0.25, 0.3) is 0 Å². The summed E-state index contributed by atoms with van der Waals surface area (Å²) in [6.07, 6.45) is 7.91. The monoisotopic (exact) mass is 385 g/mol. The van der Waals surface area contributed by atoms with Crippen LogP contribution in [0.15, 0.2) is 29.3 Å². The van der Waals surface area contributed by atoms with E-state index in [4.69, 9.17) is 11.6 Å². The first-order valence-corrected chi connectivity index (χ1v) is 10.4. The summed E-state index contributed by atoms with van der Waals surface area (Å²) in [5.74, 6) is 2.40. The van der Waals surface area contributed by atoms with Gasteiger partial charge in [-0.1, -0.05) is 37.6 Å². The fourth-order valence-corrected chi connectivity index (χ4v) is 6.13. The first-order valence-electron chi connectivity index (χ1n) is 9.99. The van der Waals surface area contributed by atoms with E-state index in [1.54, 1.807) is 0 Å². The van der Waals surface area contributed by atoms with Crippen molar-refractivity contribution in [3.8, 4) is 6.19 Å². The van der Waals surface area contributed by atoms with E-state index in [0.717, 1.165) is 36.5 Å². The summed E-state index contributed by atoms with van der Waals surface area (Å²) >= 11 is 6.01. The van der Waals surface area contributed by atoms with E-state index < -0.39 is 5.60 Å². The summed E-state index contributed by atoms with van der Waals surface area (Å²) in [7, 11) is 0. The Balaban J connectivity index is 1.52. The van der Waals surface area contributed by atoms with Crippen molar-refractivity contribution in [2.45, 2.75) is 64.0 Å². The zero-order valence-corrected chi connectivity index (χ0v) is 16.8. The molecule has 2 atom stereocenters. The highest BCUT2D eigenvalue weighted by molar-refractivity contribution is 6.30. The lowest BCUT2D eigenvalue weighted by atomic mass is 9.52. The minimum Gasteiger partial charge on any atom is -0.390 e. The predicted octanol–water partition coefficient (Wildman–Crippen LogP) is 4.32. The number of rotatable bonds is 4. The molecule has 0 spiro atoms. The van der Waals surface area contributed by atoms with Crippen LogP contribution >= 0.6 is 11.6 Å². The molecule has 4 aliphatic carbocycles. The topological polar surface area (TPSA) is 68.4 Å². The molecule has 0 heterocycles. The lowest BCUT2D eigenvalue weighted by Gasteiger charge is -2.58. The normalized spacial score (nSPS) is 35.1. The van der Waals surface area contributed by atoms with Gasteiger partial charge in [-0.2, -0.15) is 10.3 Å². The molecule has 4 nitrogen and oxygen atoms in total. The molecule has 0 aliphatic heterocycles. The van der Waals surface area contributed by atoms with Crippen LogP contribution < -0.4 is 5.32 Å². The number of amidine groups is 1. The van der Waals surface area contributed by atoms with Gasteiger partial charge in [0, 0.05) is 16.5 Å². The Morgan fingerprint density at radius 1 is 1.26 bits per heavy atom. The maximum Gasteiger partial charge on any atom is 0.207 e. The van der Waals surface area contributed by atoms with Crippen LogP contribution in [0.5, 0.6) is 0 Å². The van der Waals surface area contributed by atoms with Crippen LogP contribution in [0, 0.1) is 34.6 Å². The lowest BCUT2D eigenvalue weighted by Crippen LogP contribution is -2.62. The number of benzene rings is 1. The summed E-state index contributed by atoms with van der Waals surface area (Å²) in [5.41, 5.74) is 0.450. The van der Waals surface area contributed by atoms with Crippen LogP contribution in [-0.4, -0.2) is 22.6 Å². The van der Waals surface area contributed by atoms with Crippen molar-refractivity contribution >= 4 is 17.4 Å². The maximum absolute atomic E-state index is 10.8. The van der Waals surface area contributed by atoms with Gasteiger partial charge in [0.1, 0.15) is 5.84 Å². The highest BCUT2D eigenvalue weighted by Crippen LogP contribution is 2.55. The van der Waals surface area contributed by atoms with Gasteiger partial charge in [0.2, 0.25) is 6.19 Å². The first kappa shape index (κ1) is 18.8. The van der Waals surface area contributed by atoms with E-state index in [9.17, 15) is 10.4 Å². The van der Waals surface area contributed by atoms with E-state index in [2.05, 4.69) is 24.2 Å². The number of hydrogen-bond acceptors (Lipinski definition) is 3. The van der Waals surface area contributed by atoms with Crippen molar-refractivity contribution in [1.82, 2.24) is 5.32 Å². The lowest BCUT2D eigenvalue weighted by molar-refractivity contribution is -0.136. The molecular formula is C22H28ClN3O. The van der Waals surface area contributed by atoms with Gasteiger partial charge in [-0.15, -0.1) is 0 Å². The van der Waals surface area contributed by atoms with Crippen molar-refractivity contribution in [1.29, 1.82) is 5.26 Å². The summed E-state index contributed by atoms with van der Waals surface area (Å²) in [6.45, 7) is 4.27. The van der Waals surface area contributed by atoms with Crippen molar-refractivity contribution in [2.24, 2.45) is 28.2 Å². The molecule has 4 aliphatic rings. The Morgan fingerprint density at radius 2 is 1.89 bits per heavy atom. The quantitative estimate of drug-likeness (QED) is 0.460. The molecule has 4 saturated carbocycles. The highest BCUT2D eigenvalue weighted by Gasteiger charge is 2.55. The molecule has 144 valence electrons. The molecule has 4 fully saturated rings. The number of hydrogen-bond donors (Lipinski definition) is 2. The molecule has 2 N–H and O–H groups in total. The van der Waals surface area contributed by atoms with Gasteiger partial charge >= 0.3 is 0 Å². The zero-order valence-electron chi connectivity index (χ0n) is 16.1. The standard InChI is InChI=1S/C22H28ClN3O/c1-21(2,9-14-3-5-18(23)6-4-14)20(25-13-24)26-19-16-7-15-8-17(19)12-22(27,10-15)11-16/h3-6,15-17,19,27H,7-12H2,1-2H3,(H,25,26).